The fourth-order valence-corrected chi connectivity index (χ4v) is 2.74. The number of fused-ring (bicyclic) bond motifs is 1. The molecule has 144 valence electrons. The predicted octanol–water partition coefficient (Wildman–Crippen LogP) is 3.00. The molecule has 7 nitrogen and oxygen atoms in total. The van der Waals surface area contributed by atoms with Gasteiger partial charge in [0.15, 0.2) is 11.5 Å². The van der Waals surface area contributed by atoms with Gasteiger partial charge in [-0.2, -0.15) is 4.52 Å². The standard InChI is InChI=1S/C22H19N5O2/c28-20(13-11-17-7-3-1-4-8-17)23-15-16-29-21-14-12-19-24-25-22(27(19)26-21)18-9-5-2-6-10-18/h1-14H,15-16H2,(H,23,28)/b13-11+. The molecule has 1 N–H and O–H groups in total. The van der Waals surface area contributed by atoms with Crippen LogP contribution in [0.15, 0.2) is 78.9 Å². The van der Waals surface area contributed by atoms with Crippen LogP contribution in [0.2, 0.25) is 0 Å². The van der Waals surface area contributed by atoms with Crippen LogP contribution in [0.3, 0.4) is 0 Å². The summed E-state index contributed by atoms with van der Waals surface area (Å²) in [7, 11) is 0. The van der Waals surface area contributed by atoms with Crippen molar-refractivity contribution in [2.45, 2.75) is 0 Å². The normalized spacial score (nSPS) is 11.0. The lowest BCUT2D eigenvalue weighted by molar-refractivity contribution is -0.116. The van der Waals surface area contributed by atoms with Crippen molar-refractivity contribution in [3.05, 3.63) is 84.4 Å². The summed E-state index contributed by atoms with van der Waals surface area (Å²) in [6.07, 6.45) is 3.27. The highest BCUT2D eigenvalue weighted by atomic mass is 16.5. The molecule has 0 aliphatic heterocycles. The van der Waals surface area contributed by atoms with Gasteiger partial charge in [-0.25, -0.2) is 0 Å². The SMILES string of the molecule is O=C(/C=C/c1ccccc1)NCCOc1ccc2nnc(-c3ccccc3)n2n1. The molecule has 4 aromatic rings. The lowest BCUT2D eigenvalue weighted by Gasteiger charge is -2.06. The van der Waals surface area contributed by atoms with Gasteiger partial charge in [0.2, 0.25) is 11.8 Å². The molecule has 7 heteroatoms. The fraction of sp³-hybridized carbons (Fsp3) is 0.0909. The van der Waals surface area contributed by atoms with Gasteiger partial charge in [-0.3, -0.25) is 4.79 Å². The number of aromatic nitrogens is 4. The van der Waals surface area contributed by atoms with Gasteiger partial charge in [-0.1, -0.05) is 60.7 Å². The molecule has 0 aliphatic rings. The Labute approximate surface area is 167 Å². The third-order valence-corrected chi connectivity index (χ3v) is 4.15. The number of benzene rings is 2. The maximum absolute atomic E-state index is 11.9. The second kappa shape index (κ2) is 8.79. The lowest BCUT2D eigenvalue weighted by atomic mass is 10.2. The van der Waals surface area contributed by atoms with Crippen LogP contribution in [-0.2, 0) is 4.79 Å². The minimum Gasteiger partial charge on any atom is -0.475 e. The number of nitrogens with one attached hydrogen (secondary N) is 1. The van der Waals surface area contributed by atoms with Crippen molar-refractivity contribution in [2.24, 2.45) is 0 Å². The smallest absolute Gasteiger partial charge is 0.244 e. The van der Waals surface area contributed by atoms with Crippen LogP contribution in [-0.4, -0.2) is 38.9 Å². The average Bonchev–Trinajstić information content (AvgIpc) is 3.20. The average molecular weight is 385 g/mol. The minimum absolute atomic E-state index is 0.175. The maximum atomic E-state index is 11.9. The number of amides is 1. The highest BCUT2D eigenvalue weighted by Crippen LogP contribution is 2.18. The molecule has 0 bridgehead atoms. The van der Waals surface area contributed by atoms with E-state index in [1.807, 2.05) is 60.7 Å². The van der Waals surface area contributed by atoms with Gasteiger partial charge < -0.3 is 10.1 Å². The molecular formula is C22H19N5O2. The molecule has 2 aromatic heterocycles. The number of rotatable bonds is 7. The molecular weight excluding hydrogens is 366 g/mol. The number of carbonyl (C=O) groups is 1. The first kappa shape index (κ1) is 18.4. The van der Waals surface area contributed by atoms with Gasteiger partial charge in [0, 0.05) is 17.7 Å². The van der Waals surface area contributed by atoms with E-state index in [4.69, 9.17) is 4.74 Å². The molecule has 4 rings (SSSR count). The first-order chi connectivity index (χ1) is 14.3. The number of nitrogens with zero attached hydrogens (tertiary/aromatic N) is 4. The van der Waals surface area contributed by atoms with Crippen molar-refractivity contribution >= 4 is 17.6 Å². The highest BCUT2D eigenvalue weighted by Gasteiger charge is 2.10. The van der Waals surface area contributed by atoms with Crippen molar-refractivity contribution in [1.29, 1.82) is 0 Å². The summed E-state index contributed by atoms with van der Waals surface area (Å²) in [5.74, 6) is 0.903. The molecule has 0 spiro atoms. The second-order valence-electron chi connectivity index (χ2n) is 6.21. The summed E-state index contributed by atoms with van der Waals surface area (Å²) in [4.78, 5) is 11.9. The summed E-state index contributed by atoms with van der Waals surface area (Å²) >= 11 is 0. The monoisotopic (exact) mass is 385 g/mol. The first-order valence-corrected chi connectivity index (χ1v) is 9.21. The number of hydrogen-bond donors (Lipinski definition) is 1. The van der Waals surface area contributed by atoms with Crippen molar-refractivity contribution in [1.82, 2.24) is 25.1 Å². The summed E-state index contributed by atoms with van der Waals surface area (Å²) in [5, 5.41) is 15.6. The van der Waals surface area contributed by atoms with E-state index in [0.717, 1.165) is 11.1 Å². The van der Waals surface area contributed by atoms with Crippen LogP contribution in [0, 0.1) is 0 Å². The molecule has 0 atom stereocenters. The Morgan fingerprint density at radius 1 is 0.966 bits per heavy atom. The minimum atomic E-state index is -0.175. The number of hydrogen-bond acceptors (Lipinski definition) is 5. The van der Waals surface area contributed by atoms with E-state index < -0.39 is 0 Å². The van der Waals surface area contributed by atoms with Crippen LogP contribution >= 0.6 is 0 Å². The van der Waals surface area contributed by atoms with Crippen LogP contribution in [0.1, 0.15) is 5.56 Å². The van der Waals surface area contributed by atoms with Gasteiger partial charge in [-0.15, -0.1) is 15.3 Å². The van der Waals surface area contributed by atoms with Crippen molar-refractivity contribution < 1.29 is 9.53 Å². The zero-order chi connectivity index (χ0) is 19.9. The van der Waals surface area contributed by atoms with Crippen molar-refractivity contribution in [3.63, 3.8) is 0 Å². The Bertz CT molecular complexity index is 1120. The predicted molar refractivity (Wildman–Crippen MR) is 110 cm³/mol. The van der Waals surface area contributed by atoms with Crippen LogP contribution in [0.4, 0.5) is 0 Å². The summed E-state index contributed by atoms with van der Waals surface area (Å²) in [6, 6.07) is 22.9. The molecule has 0 fully saturated rings. The van der Waals surface area contributed by atoms with Gasteiger partial charge in [0.1, 0.15) is 6.61 Å². The van der Waals surface area contributed by atoms with E-state index in [9.17, 15) is 4.79 Å². The van der Waals surface area contributed by atoms with E-state index in [0.29, 0.717) is 30.5 Å². The molecule has 2 aromatic carbocycles. The molecule has 1 amide bonds. The molecule has 2 heterocycles. The molecule has 29 heavy (non-hydrogen) atoms. The molecule has 0 saturated carbocycles. The first-order valence-electron chi connectivity index (χ1n) is 9.21. The zero-order valence-corrected chi connectivity index (χ0v) is 15.6. The lowest BCUT2D eigenvalue weighted by Crippen LogP contribution is -2.26. The molecule has 0 aliphatic carbocycles. The zero-order valence-electron chi connectivity index (χ0n) is 15.6. The summed E-state index contributed by atoms with van der Waals surface area (Å²) in [6.45, 7) is 0.664. The van der Waals surface area contributed by atoms with Crippen LogP contribution in [0.5, 0.6) is 5.88 Å². The Morgan fingerprint density at radius 2 is 1.72 bits per heavy atom. The summed E-state index contributed by atoms with van der Waals surface area (Å²) < 4.78 is 7.31. The second-order valence-corrected chi connectivity index (χ2v) is 6.21. The van der Waals surface area contributed by atoms with E-state index in [-0.39, 0.29) is 5.91 Å². The third kappa shape index (κ3) is 4.65. The third-order valence-electron chi connectivity index (χ3n) is 4.15. The van der Waals surface area contributed by atoms with E-state index in [2.05, 4.69) is 20.6 Å². The van der Waals surface area contributed by atoms with Gasteiger partial charge in [0.05, 0.1) is 6.54 Å². The van der Waals surface area contributed by atoms with E-state index >= 15 is 0 Å². The Hall–Kier alpha value is -4.00. The van der Waals surface area contributed by atoms with E-state index in [1.165, 1.54) is 6.08 Å². The van der Waals surface area contributed by atoms with Gasteiger partial charge in [0.25, 0.3) is 0 Å². The molecule has 0 saturated heterocycles. The van der Waals surface area contributed by atoms with Crippen LogP contribution in [0.25, 0.3) is 23.1 Å². The summed E-state index contributed by atoms with van der Waals surface area (Å²) in [5.41, 5.74) is 2.53. The fourth-order valence-electron chi connectivity index (χ4n) is 2.74. The van der Waals surface area contributed by atoms with Crippen molar-refractivity contribution in [3.8, 4) is 17.3 Å². The Balaban J connectivity index is 1.33. The largest absolute Gasteiger partial charge is 0.475 e. The Morgan fingerprint density at radius 3 is 2.52 bits per heavy atom. The number of carbonyl (C=O) groups excluding carboxylic acids is 1. The van der Waals surface area contributed by atoms with Gasteiger partial charge in [-0.05, 0) is 17.7 Å². The van der Waals surface area contributed by atoms with Gasteiger partial charge >= 0.3 is 0 Å². The molecule has 0 radical (unpaired) electrons. The molecule has 0 unspecified atom stereocenters. The maximum Gasteiger partial charge on any atom is 0.244 e. The van der Waals surface area contributed by atoms with Crippen molar-refractivity contribution in [2.75, 3.05) is 13.2 Å². The number of ether oxygens (including phenoxy) is 1. The topological polar surface area (TPSA) is 81.4 Å². The van der Waals surface area contributed by atoms with Crippen LogP contribution < -0.4 is 10.1 Å². The Kier molecular flexibility index (Phi) is 5.57. The highest BCUT2D eigenvalue weighted by molar-refractivity contribution is 5.91. The quantitative estimate of drug-likeness (QED) is 0.391. The van der Waals surface area contributed by atoms with E-state index in [1.54, 1.807) is 22.7 Å².